The summed E-state index contributed by atoms with van der Waals surface area (Å²) in [6.45, 7) is 0. The summed E-state index contributed by atoms with van der Waals surface area (Å²) in [5.74, 6) is -0.170. The van der Waals surface area contributed by atoms with Gasteiger partial charge in [0.1, 0.15) is 6.04 Å². The van der Waals surface area contributed by atoms with Gasteiger partial charge in [-0.1, -0.05) is 15.9 Å². The highest BCUT2D eigenvalue weighted by molar-refractivity contribution is 9.10. The summed E-state index contributed by atoms with van der Waals surface area (Å²) in [4.78, 5) is 11.1. The second kappa shape index (κ2) is 5.79. The zero-order valence-corrected chi connectivity index (χ0v) is 12.1. The lowest BCUT2D eigenvalue weighted by molar-refractivity contribution is -0.138. The lowest BCUT2D eigenvalue weighted by Gasteiger charge is -2.29. The van der Waals surface area contributed by atoms with E-state index >= 15 is 0 Å². The van der Waals surface area contributed by atoms with Crippen LogP contribution in [-0.2, 0) is 4.79 Å². The third-order valence-corrected chi connectivity index (χ3v) is 3.66. The van der Waals surface area contributed by atoms with Crippen LogP contribution >= 0.6 is 15.9 Å². The number of carboxylic acid groups (broad SMARTS) is 1. The lowest BCUT2D eigenvalue weighted by Crippen LogP contribution is -2.27. The maximum atomic E-state index is 11.1. The number of methoxy groups -OCH3 is 1. The van der Waals surface area contributed by atoms with Gasteiger partial charge in [0.05, 0.1) is 13.2 Å². The average molecular weight is 330 g/mol. The molecule has 1 unspecified atom stereocenters. The summed E-state index contributed by atoms with van der Waals surface area (Å²) in [6, 6.07) is 2.27. The van der Waals surface area contributed by atoms with Crippen LogP contribution in [0.2, 0.25) is 0 Å². The Bertz CT molecular complexity index is 488. The normalized spacial score (nSPS) is 16.6. The Kier molecular flexibility index (Phi) is 4.31. The monoisotopic (exact) mass is 329 g/mol. The SMILES string of the molecule is COc1cc(Br)cc(C(N)C(=O)O)c1OC1CCC1. The van der Waals surface area contributed by atoms with E-state index in [1.807, 2.05) is 0 Å². The van der Waals surface area contributed by atoms with E-state index in [2.05, 4.69) is 15.9 Å². The van der Waals surface area contributed by atoms with E-state index in [0.717, 1.165) is 19.3 Å². The van der Waals surface area contributed by atoms with Gasteiger partial charge in [-0.15, -0.1) is 0 Å². The number of rotatable bonds is 5. The van der Waals surface area contributed by atoms with Gasteiger partial charge in [-0.3, -0.25) is 4.79 Å². The van der Waals surface area contributed by atoms with E-state index in [1.165, 1.54) is 7.11 Å². The van der Waals surface area contributed by atoms with Gasteiger partial charge in [0.25, 0.3) is 0 Å². The van der Waals surface area contributed by atoms with E-state index in [4.69, 9.17) is 20.3 Å². The molecule has 3 N–H and O–H groups in total. The molecule has 0 heterocycles. The number of hydrogen-bond donors (Lipinski definition) is 2. The number of carboxylic acids is 1. The van der Waals surface area contributed by atoms with Crippen LogP contribution in [-0.4, -0.2) is 24.3 Å². The van der Waals surface area contributed by atoms with Crippen LogP contribution in [0, 0.1) is 0 Å². The first kappa shape index (κ1) is 14.1. The largest absolute Gasteiger partial charge is 0.493 e. The third kappa shape index (κ3) is 3.01. The number of benzene rings is 1. The topological polar surface area (TPSA) is 81.8 Å². The van der Waals surface area contributed by atoms with E-state index in [1.54, 1.807) is 12.1 Å². The first-order valence-electron chi connectivity index (χ1n) is 6.05. The van der Waals surface area contributed by atoms with Crippen molar-refractivity contribution in [1.82, 2.24) is 0 Å². The Morgan fingerprint density at radius 1 is 1.53 bits per heavy atom. The number of halogens is 1. The second-order valence-electron chi connectivity index (χ2n) is 4.51. The molecule has 0 spiro atoms. The van der Waals surface area contributed by atoms with E-state index < -0.39 is 12.0 Å². The number of ether oxygens (including phenoxy) is 2. The number of nitrogens with two attached hydrogens (primary N) is 1. The van der Waals surface area contributed by atoms with Gasteiger partial charge in [-0.05, 0) is 31.4 Å². The van der Waals surface area contributed by atoms with E-state index in [0.29, 0.717) is 21.5 Å². The highest BCUT2D eigenvalue weighted by atomic mass is 79.9. The first-order valence-corrected chi connectivity index (χ1v) is 6.84. The maximum Gasteiger partial charge on any atom is 0.325 e. The highest BCUT2D eigenvalue weighted by Crippen LogP contribution is 2.40. The molecule has 1 aromatic carbocycles. The summed E-state index contributed by atoms with van der Waals surface area (Å²) in [5.41, 5.74) is 6.13. The molecule has 1 fully saturated rings. The van der Waals surface area contributed by atoms with Crippen molar-refractivity contribution in [3.63, 3.8) is 0 Å². The van der Waals surface area contributed by atoms with Gasteiger partial charge < -0.3 is 20.3 Å². The molecule has 2 rings (SSSR count). The van der Waals surface area contributed by atoms with Crippen LogP contribution in [0.1, 0.15) is 30.9 Å². The predicted molar refractivity (Wildman–Crippen MR) is 73.5 cm³/mol. The summed E-state index contributed by atoms with van der Waals surface area (Å²) in [7, 11) is 1.52. The second-order valence-corrected chi connectivity index (χ2v) is 5.43. The minimum absolute atomic E-state index is 0.120. The lowest BCUT2D eigenvalue weighted by atomic mass is 9.96. The minimum atomic E-state index is -1.14. The zero-order chi connectivity index (χ0) is 14.0. The minimum Gasteiger partial charge on any atom is -0.493 e. The molecule has 0 aliphatic heterocycles. The van der Waals surface area contributed by atoms with Crippen LogP contribution in [0.4, 0.5) is 0 Å². The Morgan fingerprint density at radius 2 is 2.21 bits per heavy atom. The summed E-state index contributed by atoms with van der Waals surface area (Å²) in [6.07, 6.45) is 3.20. The van der Waals surface area contributed by atoms with Crippen molar-refractivity contribution in [3.05, 3.63) is 22.2 Å². The molecular formula is C13H16BrNO4. The molecule has 5 nitrogen and oxygen atoms in total. The molecule has 1 aromatic rings. The van der Waals surface area contributed by atoms with Gasteiger partial charge in [0, 0.05) is 10.0 Å². The van der Waals surface area contributed by atoms with Crippen LogP contribution in [0.15, 0.2) is 16.6 Å². The van der Waals surface area contributed by atoms with Crippen LogP contribution in [0.3, 0.4) is 0 Å². The van der Waals surface area contributed by atoms with Crippen LogP contribution in [0.25, 0.3) is 0 Å². The van der Waals surface area contributed by atoms with Gasteiger partial charge in [-0.2, -0.15) is 0 Å². The number of hydrogen-bond acceptors (Lipinski definition) is 4. The fourth-order valence-electron chi connectivity index (χ4n) is 1.89. The quantitative estimate of drug-likeness (QED) is 0.867. The average Bonchev–Trinajstić information content (AvgIpc) is 2.32. The Labute approximate surface area is 119 Å². The molecule has 0 radical (unpaired) electrons. The number of aliphatic carboxylic acids is 1. The van der Waals surface area contributed by atoms with Crippen molar-refractivity contribution < 1.29 is 19.4 Å². The molecule has 1 saturated carbocycles. The van der Waals surface area contributed by atoms with E-state index in [9.17, 15) is 4.79 Å². The molecular weight excluding hydrogens is 314 g/mol. The predicted octanol–water partition coefficient (Wildman–Crippen LogP) is 2.47. The molecule has 1 aliphatic carbocycles. The zero-order valence-electron chi connectivity index (χ0n) is 10.6. The molecule has 0 amide bonds. The molecule has 0 bridgehead atoms. The van der Waals surface area contributed by atoms with Gasteiger partial charge >= 0.3 is 5.97 Å². The smallest absolute Gasteiger partial charge is 0.325 e. The van der Waals surface area contributed by atoms with Crippen molar-refractivity contribution in [3.8, 4) is 11.5 Å². The van der Waals surface area contributed by atoms with E-state index in [-0.39, 0.29) is 6.10 Å². The Balaban J connectivity index is 2.41. The van der Waals surface area contributed by atoms with Crippen molar-refractivity contribution in [2.75, 3.05) is 7.11 Å². The fourth-order valence-corrected chi connectivity index (χ4v) is 2.34. The fraction of sp³-hybridized carbons (Fsp3) is 0.462. The molecule has 19 heavy (non-hydrogen) atoms. The Hall–Kier alpha value is -1.27. The van der Waals surface area contributed by atoms with Gasteiger partial charge in [-0.25, -0.2) is 0 Å². The van der Waals surface area contributed by atoms with Gasteiger partial charge in [0.2, 0.25) is 0 Å². The summed E-state index contributed by atoms with van der Waals surface area (Å²) >= 11 is 3.32. The highest BCUT2D eigenvalue weighted by Gasteiger charge is 2.27. The number of carbonyl (C=O) groups is 1. The summed E-state index contributed by atoms with van der Waals surface area (Å²) < 4.78 is 11.8. The Morgan fingerprint density at radius 3 is 2.68 bits per heavy atom. The molecule has 0 saturated heterocycles. The van der Waals surface area contributed by atoms with Crippen molar-refractivity contribution in [1.29, 1.82) is 0 Å². The first-order chi connectivity index (χ1) is 9.02. The molecule has 6 heteroatoms. The third-order valence-electron chi connectivity index (χ3n) is 3.21. The van der Waals surface area contributed by atoms with Crippen molar-refractivity contribution >= 4 is 21.9 Å². The molecule has 1 atom stereocenters. The van der Waals surface area contributed by atoms with Crippen molar-refractivity contribution in [2.24, 2.45) is 5.73 Å². The standard InChI is InChI=1S/C13H16BrNO4/c1-18-10-6-7(14)5-9(11(15)13(16)17)12(10)19-8-3-2-4-8/h5-6,8,11H,2-4,15H2,1H3,(H,16,17). The van der Waals surface area contributed by atoms with Crippen molar-refractivity contribution in [2.45, 2.75) is 31.4 Å². The van der Waals surface area contributed by atoms with Gasteiger partial charge in [0.15, 0.2) is 11.5 Å². The van der Waals surface area contributed by atoms with Crippen LogP contribution in [0.5, 0.6) is 11.5 Å². The molecule has 1 aliphatic rings. The summed E-state index contributed by atoms with van der Waals surface area (Å²) in [5, 5.41) is 9.08. The molecule has 104 valence electrons. The van der Waals surface area contributed by atoms with Crippen LogP contribution < -0.4 is 15.2 Å². The maximum absolute atomic E-state index is 11.1. The molecule has 0 aromatic heterocycles.